The Bertz CT molecular complexity index is 1290. The van der Waals surface area contributed by atoms with Gasteiger partial charge in [-0.15, -0.1) is 0 Å². The molecule has 1 aliphatic rings. The summed E-state index contributed by atoms with van der Waals surface area (Å²) in [6.07, 6.45) is 5.86. The molecule has 5 rings (SSSR count). The van der Waals surface area contributed by atoms with Crippen molar-refractivity contribution in [2.45, 2.75) is 18.7 Å². The summed E-state index contributed by atoms with van der Waals surface area (Å²) >= 11 is 0. The van der Waals surface area contributed by atoms with Crippen LogP contribution < -0.4 is 0 Å². The van der Waals surface area contributed by atoms with Gasteiger partial charge in [-0.3, -0.25) is 9.19 Å². The monoisotopic (exact) mass is 520 g/mol. The van der Waals surface area contributed by atoms with E-state index >= 15 is 0 Å². The molecular weight excluding hydrogens is 487 g/mol. The van der Waals surface area contributed by atoms with Gasteiger partial charge in [0.15, 0.2) is 0 Å². The molecule has 4 aromatic rings. The largest absolute Gasteiger partial charge is 0.379 e. The van der Waals surface area contributed by atoms with E-state index in [-0.39, 0.29) is 11.2 Å². The molecule has 2 unspecified atom stereocenters. The van der Waals surface area contributed by atoms with Crippen molar-refractivity contribution < 1.29 is 13.3 Å². The predicted molar refractivity (Wildman–Crippen MR) is 148 cm³/mol. The first-order valence-electron chi connectivity index (χ1n) is 12.4. The van der Waals surface area contributed by atoms with Crippen LogP contribution in [-0.2, 0) is 15.5 Å². The molecule has 1 fully saturated rings. The molecule has 0 spiro atoms. The van der Waals surface area contributed by atoms with Crippen LogP contribution in [0.15, 0.2) is 79.1 Å². The number of halogens is 1. The van der Waals surface area contributed by atoms with Crippen molar-refractivity contribution in [3.8, 4) is 33.9 Å². The number of rotatable bonds is 6. The quantitative estimate of drug-likeness (QED) is 0.329. The van der Waals surface area contributed by atoms with Gasteiger partial charge < -0.3 is 14.2 Å². The van der Waals surface area contributed by atoms with Gasteiger partial charge in [0.2, 0.25) is 0 Å². The van der Waals surface area contributed by atoms with Crippen LogP contribution in [0, 0.1) is 5.82 Å². The van der Waals surface area contributed by atoms with Crippen molar-refractivity contribution in [1.82, 2.24) is 19.4 Å². The molecule has 2 atom stereocenters. The molecule has 0 amide bonds. The fourth-order valence-corrected chi connectivity index (χ4v) is 5.29. The molecular formula is C29H33FN4O2S. The number of nitrogens with zero attached hydrogens (tertiary/aromatic N) is 4. The lowest BCUT2D eigenvalue weighted by Crippen LogP contribution is -2.32. The second-order valence-electron chi connectivity index (χ2n) is 8.89. The number of pyridine rings is 1. The van der Waals surface area contributed by atoms with Crippen LogP contribution in [0.2, 0.25) is 0 Å². The Labute approximate surface area is 220 Å². The minimum atomic E-state index is -1.12. The van der Waals surface area contributed by atoms with E-state index in [1.165, 1.54) is 12.1 Å². The van der Waals surface area contributed by atoms with E-state index in [2.05, 4.69) is 21.5 Å². The summed E-state index contributed by atoms with van der Waals surface area (Å²) in [4.78, 5) is 11.4. The third-order valence-electron chi connectivity index (χ3n) is 6.27. The van der Waals surface area contributed by atoms with Gasteiger partial charge in [0.25, 0.3) is 0 Å². The summed E-state index contributed by atoms with van der Waals surface area (Å²) in [5.41, 5.74) is 4.23. The van der Waals surface area contributed by atoms with Gasteiger partial charge in [-0.1, -0.05) is 37.3 Å². The number of likely N-dealkylation sites (N-methyl/N-ethyl adjacent to an activating group) is 1. The summed E-state index contributed by atoms with van der Waals surface area (Å²) in [5.74, 6) is 0.441. The highest BCUT2D eigenvalue weighted by molar-refractivity contribution is 7.84. The molecule has 0 saturated carbocycles. The lowest BCUT2D eigenvalue weighted by atomic mass is 10.1. The molecule has 1 aliphatic heterocycles. The summed E-state index contributed by atoms with van der Waals surface area (Å²) in [5, 5.41) is -0.259. The molecule has 0 radical (unpaired) electrons. The van der Waals surface area contributed by atoms with Crippen molar-refractivity contribution in [2.75, 3.05) is 39.6 Å². The number of ether oxygens (including phenoxy) is 1. The number of hydrogen-bond donors (Lipinski definition) is 0. The fourth-order valence-electron chi connectivity index (χ4n) is 4.32. The van der Waals surface area contributed by atoms with Gasteiger partial charge in [0.05, 0.1) is 24.6 Å². The van der Waals surface area contributed by atoms with Gasteiger partial charge in [-0.25, -0.2) is 9.37 Å². The highest BCUT2D eigenvalue weighted by Crippen LogP contribution is 2.39. The first-order chi connectivity index (χ1) is 18.0. The molecule has 0 N–H and O–H groups in total. The van der Waals surface area contributed by atoms with E-state index < -0.39 is 10.8 Å². The Hall–Kier alpha value is -3.20. The van der Waals surface area contributed by atoms with Crippen LogP contribution in [0.3, 0.4) is 0 Å². The summed E-state index contributed by atoms with van der Waals surface area (Å²) in [6.45, 7) is 6.04. The standard InChI is InChI=1S/C24H22FN3OS.C5H11NO/c1-3-21(30(2)29)28-23(18-13-15-26-16-14-18)22(17-9-11-20(25)12-10-17)27-24(28)19-7-5-4-6-8-19;1-6-2-4-7-5-3-6/h4-16,21H,3H2,1-2H3;2-5H2,1H3. The van der Waals surface area contributed by atoms with E-state index in [0.29, 0.717) is 6.42 Å². The van der Waals surface area contributed by atoms with Gasteiger partial charge in [-0.2, -0.15) is 0 Å². The van der Waals surface area contributed by atoms with E-state index in [4.69, 9.17) is 9.72 Å². The van der Waals surface area contributed by atoms with E-state index in [1.54, 1.807) is 30.8 Å². The molecule has 6 nitrogen and oxygen atoms in total. The molecule has 3 heterocycles. The summed E-state index contributed by atoms with van der Waals surface area (Å²) in [7, 11) is 0.992. The van der Waals surface area contributed by atoms with Crippen LogP contribution in [0.4, 0.5) is 4.39 Å². The average Bonchev–Trinajstić information content (AvgIpc) is 3.31. The summed E-state index contributed by atoms with van der Waals surface area (Å²) < 4.78 is 33.5. The van der Waals surface area contributed by atoms with Gasteiger partial charge >= 0.3 is 0 Å². The minimum Gasteiger partial charge on any atom is -0.379 e. The lowest BCUT2D eigenvalue weighted by Gasteiger charge is -2.21. The zero-order valence-corrected chi connectivity index (χ0v) is 22.3. The molecule has 2 aromatic heterocycles. The van der Waals surface area contributed by atoms with Crippen molar-refractivity contribution in [1.29, 1.82) is 0 Å². The minimum absolute atomic E-state index is 0.259. The molecule has 0 bridgehead atoms. The Morgan fingerprint density at radius 3 is 2.14 bits per heavy atom. The smallest absolute Gasteiger partial charge is 0.142 e. The second-order valence-corrected chi connectivity index (χ2v) is 10.4. The highest BCUT2D eigenvalue weighted by Gasteiger charge is 2.27. The molecule has 37 heavy (non-hydrogen) atoms. The molecule has 2 aromatic carbocycles. The van der Waals surface area contributed by atoms with Crippen LogP contribution in [0.5, 0.6) is 0 Å². The van der Waals surface area contributed by atoms with Crippen molar-refractivity contribution in [3.05, 3.63) is 84.9 Å². The van der Waals surface area contributed by atoms with Gasteiger partial charge in [0, 0.05) is 59.2 Å². The predicted octanol–water partition coefficient (Wildman–Crippen LogP) is 5.65. The van der Waals surface area contributed by atoms with Crippen LogP contribution in [0.25, 0.3) is 33.9 Å². The highest BCUT2D eigenvalue weighted by atomic mass is 32.2. The van der Waals surface area contributed by atoms with Crippen molar-refractivity contribution >= 4 is 10.8 Å². The van der Waals surface area contributed by atoms with Crippen LogP contribution in [-0.4, -0.2) is 63.3 Å². The zero-order chi connectivity index (χ0) is 26.2. The zero-order valence-electron chi connectivity index (χ0n) is 21.5. The maximum Gasteiger partial charge on any atom is 0.142 e. The normalized spacial score (nSPS) is 15.5. The van der Waals surface area contributed by atoms with Gasteiger partial charge in [-0.05, 0) is 49.9 Å². The maximum atomic E-state index is 13.6. The Balaban J connectivity index is 0.000000396. The molecule has 194 valence electrons. The molecule has 8 heteroatoms. The first-order valence-corrected chi connectivity index (χ1v) is 14.0. The first kappa shape index (κ1) is 26.9. The lowest BCUT2D eigenvalue weighted by molar-refractivity contribution is 0.0503. The van der Waals surface area contributed by atoms with E-state index in [1.807, 2.05) is 49.4 Å². The topological polar surface area (TPSA) is 60.2 Å². The Morgan fingerprint density at radius 2 is 1.59 bits per heavy atom. The SMILES string of the molecule is CCC(n1c(-c2ccccc2)nc(-c2ccc(F)cc2)c1-c1ccncc1)S(C)=O.CN1CCOCC1. The molecule has 1 saturated heterocycles. The third-order valence-corrected chi connectivity index (χ3v) is 7.58. The number of imidazole rings is 1. The van der Waals surface area contributed by atoms with Crippen LogP contribution in [0.1, 0.15) is 18.7 Å². The van der Waals surface area contributed by atoms with Crippen LogP contribution >= 0.6 is 0 Å². The number of benzene rings is 2. The number of hydrogen-bond acceptors (Lipinski definition) is 5. The second kappa shape index (κ2) is 12.9. The third kappa shape index (κ3) is 6.57. The number of aromatic nitrogens is 3. The van der Waals surface area contributed by atoms with E-state index in [9.17, 15) is 8.60 Å². The van der Waals surface area contributed by atoms with Gasteiger partial charge in [0.1, 0.15) is 17.0 Å². The van der Waals surface area contributed by atoms with E-state index in [0.717, 1.165) is 60.2 Å². The molecule has 0 aliphatic carbocycles. The Kier molecular flexibility index (Phi) is 9.33. The summed E-state index contributed by atoms with van der Waals surface area (Å²) in [6, 6.07) is 20.0. The average molecular weight is 521 g/mol. The van der Waals surface area contributed by atoms with Crippen molar-refractivity contribution in [3.63, 3.8) is 0 Å². The fraction of sp³-hybridized carbons (Fsp3) is 0.310. The maximum absolute atomic E-state index is 13.6. The Morgan fingerprint density at radius 1 is 0.946 bits per heavy atom. The number of morpholine rings is 1. The van der Waals surface area contributed by atoms with Crippen molar-refractivity contribution in [2.24, 2.45) is 0 Å².